The number of halogens is 2. The molecule has 1 heterocycles. The predicted molar refractivity (Wildman–Crippen MR) is 59.3 cm³/mol. The third-order valence-corrected chi connectivity index (χ3v) is 2.45. The van der Waals surface area contributed by atoms with E-state index in [-0.39, 0.29) is 18.6 Å². The topological polar surface area (TPSA) is 42.1 Å². The minimum absolute atomic E-state index is 0.211. The summed E-state index contributed by atoms with van der Waals surface area (Å²) in [5.41, 5.74) is 6.75. The molecule has 1 aromatic heterocycles. The Bertz CT molecular complexity index is 303. The summed E-state index contributed by atoms with van der Waals surface area (Å²) in [5, 5.41) is 0. The minimum Gasteiger partial charge on any atom is -0.326 e. The average molecular weight is 229 g/mol. The van der Waals surface area contributed by atoms with Crippen LogP contribution in [-0.4, -0.2) is 35.9 Å². The van der Waals surface area contributed by atoms with Gasteiger partial charge in [0.05, 0.1) is 6.54 Å². The quantitative estimate of drug-likeness (QED) is 0.835. The van der Waals surface area contributed by atoms with E-state index in [1.165, 1.54) is 0 Å². The molecule has 0 fully saturated rings. The second kappa shape index (κ2) is 5.86. The second-order valence-corrected chi connectivity index (χ2v) is 3.92. The van der Waals surface area contributed by atoms with Crippen molar-refractivity contribution in [2.24, 2.45) is 5.73 Å². The van der Waals surface area contributed by atoms with Crippen LogP contribution < -0.4 is 5.73 Å². The van der Waals surface area contributed by atoms with Gasteiger partial charge in [0, 0.05) is 24.5 Å². The van der Waals surface area contributed by atoms with Crippen molar-refractivity contribution in [3.63, 3.8) is 0 Å². The highest BCUT2D eigenvalue weighted by molar-refractivity contribution is 5.16. The van der Waals surface area contributed by atoms with Gasteiger partial charge in [-0.1, -0.05) is 0 Å². The van der Waals surface area contributed by atoms with Gasteiger partial charge in [-0.2, -0.15) is 0 Å². The normalized spacial score (nSPS) is 15.4. The van der Waals surface area contributed by atoms with Gasteiger partial charge in [-0.05, 0) is 31.7 Å². The zero-order chi connectivity index (χ0) is 12.1. The highest BCUT2D eigenvalue weighted by Crippen LogP contribution is 2.22. The molecule has 2 atom stereocenters. The summed E-state index contributed by atoms with van der Waals surface area (Å²) in [6, 6.07) is 3.18. The lowest BCUT2D eigenvalue weighted by Gasteiger charge is -2.31. The van der Waals surface area contributed by atoms with Crippen LogP contribution in [0.3, 0.4) is 0 Å². The lowest BCUT2D eigenvalue weighted by Crippen LogP contribution is -2.39. The third kappa shape index (κ3) is 3.50. The Kier molecular flexibility index (Phi) is 4.76. The van der Waals surface area contributed by atoms with E-state index in [0.717, 1.165) is 5.56 Å². The Morgan fingerprint density at radius 2 is 1.94 bits per heavy atom. The molecule has 2 N–H and O–H groups in total. The molecule has 16 heavy (non-hydrogen) atoms. The molecule has 0 spiro atoms. The van der Waals surface area contributed by atoms with E-state index in [9.17, 15) is 8.78 Å². The number of pyridine rings is 1. The van der Waals surface area contributed by atoms with E-state index in [2.05, 4.69) is 4.98 Å². The Morgan fingerprint density at radius 3 is 2.38 bits per heavy atom. The van der Waals surface area contributed by atoms with Gasteiger partial charge in [0.25, 0.3) is 6.43 Å². The molecule has 0 radical (unpaired) electrons. The summed E-state index contributed by atoms with van der Waals surface area (Å²) in [5.74, 6) is 0. The first kappa shape index (κ1) is 13.0. The molecule has 5 heteroatoms. The van der Waals surface area contributed by atoms with Crippen LogP contribution in [0.2, 0.25) is 0 Å². The van der Waals surface area contributed by atoms with Crippen molar-refractivity contribution in [1.82, 2.24) is 9.88 Å². The molecule has 0 bridgehead atoms. The van der Waals surface area contributed by atoms with Crippen molar-refractivity contribution in [3.05, 3.63) is 30.1 Å². The molecule has 90 valence electrons. The van der Waals surface area contributed by atoms with Crippen LogP contribution in [-0.2, 0) is 0 Å². The molecule has 3 nitrogen and oxygen atoms in total. The summed E-state index contributed by atoms with van der Waals surface area (Å²) >= 11 is 0. The summed E-state index contributed by atoms with van der Waals surface area (Å²) in [4.78, 5) is 5.47. The SMILES string of the molecule is CC(N)C(c1ccncc1)N(C)CC(F)F. The Labute approximate surface area is 94.3 Å². The molecule has 0 saturated heterocycles. The average Bonchev–Trinajstić information content (AvgIpc) is 2.17. The van der Waals surface area contributed by atoms with Crippen LogP contribution in [0.15, 0.2) is 24.5 Å². The van der Waals surface area contributed by atoms with Crippen molar-refractivity contribution in [1.29, 1.82) is 0 Å². The van der Waals surface area contributed by atoms with Crippen LogP contribution in [0, 0.1) is 0 Å². The summed E-state index contributed by atoms with van der Waals surface area (Å²) < 4.78 is 24.7. The second-order valence-electron chi connectivity index (χ2n) is 3.92. The lowest BCUT2D eigenvalue weighted by molar-refractivity contribution is 0.0754. The van der Waals surface area contributed by atoms with E-state index in [1.807, 2.05) is 6.92 Å². The van der Waals surface area contributed by atoms with Crippen molar-refractivity contribution in [2.45, 2.75) is 25.4 Å². The van der Waals surface area contributed by atoms with Crippen LogP contribution in [0.5, 0.6) is 0 Å². The molecule has 1 rings (SSSR count). The molecule has 2 unspecified atom stereocenters. The summed E-state index contributed by atoms with van der Waals surface area (Å²) in [6.07, 6.45) is 0.926. The van der Waals surface area contributed by atoms with Gasteiger partial charge in [-0.25, -0.2) is 8.78 Å². The Morgan fingerprint density at radius 1 is 1.38 bits per heavy atom. The number of rotatable bonds is 5. The van der Waals surface area contributed by atoms with Gasteiger partial charge in [-0.15, -0.1) is 0 Å². The molecule has 0 aliphatic rings. The maximum absolute atomic E-state index is 12.3. The van der Waals surface area contributed by atoms with Gasteiger partial charge < -0.3 is 5.73 Å². The standard InChI is InChI=1S/C11H17F2N3/c1-8(14)11(16(2)7-10(12)13)9-3-5-15-6-4-9/h3-6,8,10-11H,7,14H2,1-2H3. The molecule has 0 saturated carbocycles. The molecular formula is C11H17F2N3. The monoisotopic (exact) mass is 229 g/mol. The maximum atomic E-state index is 12.3. The number of hydrogen-bond donors (Lipinski definition) is 1. The first-order valence-electron chi connectivity index (χ1n) is 5.16. The van der Waals surface area contributed by atoms with Gasteiger partial charge >= 0.3 is 0 Å². The number of aromatic nitrogens is 1. The van der Waals surface area contributed by atoms with Gasteiger partial charge in [-0.3, -0.25) is 9.88 Å². The van der Waals surface area contributed by atoms with Crippen LogP contribution in [0.1, 0.15) is 18.5 Å². The number of alkyl halides is 2. The summed E-state index contributed by atoms with van der Waals surface area (Å²) in [6.45, 7) is 1.53. The largest absolute Gasteiger partial charge is 0.326 e. The minimum atomic E-state index is -2.35. The smallest absolute Gasteiger partial charge is 0.251 e. The van der Waals surface area contributed by atoms with E-state index in [4.69, 9.17) is 5.73 Å². The van der Waals surface area contributed by atoms with E-state index >= 15 is 0 Å². The van der Waals surface area contributed by atoms with Gasteiger partial charge in [0.15, 0.2) is 0 Å². The molecule has 0 aliphatic carbocycles. The first-order chi connectivity index (χ1) is 7.52. The fourth-order valence-electron chi connectivity index (χ4n) is 1.85. The molecule has 1 aromatic rings. The first-order valence-corrected chi connectivity index (χ1v) is 5.16. The van der Waals surface area contributed by atoms with E-state index < -0.39 is 6.43 Å². The van der Waals surface area contributed by atoms with Gasteiger partial charge in [0.2, 0.25) is 0 Å². The molecule has 0 aromatic carbocycles. The zero-order valence-electron chi connectivity index (χ0n) is 9.48. The highest BCUT2D eigenvalue weighted by Gasteiger charge is 2.23. The van der Waals surface area contributed by atoms with Crippen molar-refractivity contribution in [2.75, 3.05) is 13.6 Å². The van der Waals surface area contributed by atoms with E-state index in [1.54, 1.807) is 36.5 Å². The fraction of sp³-hybridized carbons (Fsp3) is 0.545. The van der Waals surface area contributed by atoms with Gasteiger partial charge in [0.1, 0.15) is 0 Å². The molecule has 0 amide bonds. The molecule has 0 aliphatic heterocycles. The van der Waals surface area contributed by atoms with E-state index in [0.29, 0.717) is 0 Å². The lowest BCUT2D eigenvalue weighted by atomic mass is 10.0. The Hall–Kier alpha value is -1.07. The molecular weight excluding hydrogens is 212 g/mol. The third-order valence-electron chi connectivity index (χ3n) is 2.45. The van der Waals surface area contributed by atoms with Crippen molar-refractivity contribution in [3.8, 4) is 0 Å². The summed E-state index contributed by atoms with van der Waals surface area (Å²) in [7, 11) is 1.65. The van der Waals surface area contributed by atoms with Crippen molar-refractivity contribution < 1.29 is 8.78 Å². The van der Waals surface area contributed by atoms with Crippen LogP contribution >= 0.6 is 0 Å². The fourth-order valence-corrected chi connectivity index (χ4v) is 1.85. The predicted octanol–water partition coefficient (Wildman–Crippen LogP) is 1.67. The highest BCUT2D eigenvalue weighted by atomic mass is 19.3. The number of likely N-dealkylation sites (N-methyl/N-ethyl adjacent to an activating group) is 1. The van der Waals surface area contributed by atoms with Crippen molar-refractivity contribution >= 4 is 0 Å². The number of nitrogens with zero attached hydrogens (tertiary/aromatic N) is 2. The number of nitrogens with two attached hydrogens (primary N) is 1. The van der Waals surface area contributed by atoms with Crippen LogP contribution in [0.4, 0.5) is 8.78 Å². The zero-order valence-corrected chi connectivity index (χ0v) is 9.48. The number of hydrogen-bond acceptors (Lipinski definition) is 3. The maximum Gasteiger partial charge on any atom is 0.251 e. The Balaban J connectivity index is 2.83. The van der Waals surface area contributed by atoms with Crippen LogP contribution in [0.25, 0.3) is 0 Å².